The van der Waals surface area contributed by atoms with Crippen molar-refractivity contribution in [2.45, 2.75) is 13.8 Å². The number of hydrazone groups is 1. The van der Waals surface area contributed by atoms with E-state index in [1.165, 1.54) is 11.2 Å². The summed E-state index contributed by atoms with van der Waals surface area (Å²) in [6.45, 7) is 4.25. The number of hydrogen-bond donors (Lipinski definition) is 0. The van der Waals surface area contributed by atoms with Gasteiger partial charge in [-0.25, -0.2) is 5.01 Å². The largest absolute Gasteiger partial charge is 0.465 e. The zero-order valence-electron chi connectivity index (χ0n) is 7.69. The van der Waals surface area contributed by atoms with Crippen molar-refractivity contribution in [2.75, 3.05) is 13.2 Å². The summed E-state index contributed by atoms with van der Waals surface area (Å²) in [4.78, 5) is 22.5. The Hall–Kier alpha value is -1.39. The molecule has 1 atom stereocenters. The molecule has 1 heterocycles. The Balaban J connectivity index is 2.60. The number of carbonyl (C=O) groups excluding carboxylic acids is 2. The Morgan fingerprint density at radius 1 is 1.69 bits per heavy atom. The lowest BCUT2D eigenvalue weighted by Gasteiger charge is -2.10. The minimum Gasteiger partial charge on any atom is -0.465 e. The predicted molar refractivity (Wildman–Crippen MR) is 46.0 cm³/mol. The van der Waals surface area contributed by atoms with E-state index in [9.17, 15) is 9.59 Å². The molecule has 0 bridgehead atoms. The molecule has 1 rings (SSSR count). The van der Waals surface area contributed by atoms with Gasteiger partial charge in [0, 0.05) is 12.8 Å². The first-order chi connectivity index (χ1) is 6.20. The summed E-state index contributed by atoms with van der Waals surface area (Å²) in [6.07, 6.45) is 1.32. The van der Waals surface area contributed by atoms with E-state index in [0.717, 1.165) is 0 Å². The van der Waals surface area contributed by atoms with Crippen LogP contribution in [-0.2, 0) is 14.3 Å². The molecular formula is C8H12N2O3. The van der Waals surface area contributed by atoms with Crippen LogP contribution in [0.5, 0.6) is 0 Å². The molecule has 72 valence electrons. The van der Waals surface area contributed by atoms with Gasteiger partial charge in [-0.2, -0.15) is 5.10 Å². The van der Waals surface area contributed by atoms with Crippen molar-refractivity contribution in [1.82, 2.24) is 5.01 Å². The highest BCUT2D eigenvalue weighted by molar-refractivity contribution is 6.13. The Kier molecular flexibility index (Phi) is 3.00. The highest BCUT2D eigenvalue weighted by Crippen LogP contribution is 2.10. The highest BCUT2D eigenvalue weighted by Gasteiger charge is 2.34. The molecule has 0 saturated heterocycles. The molecule has 1 unspecified atom stereocenters. The lowest BCUT2D eigenvalue weighted by Crippen LogP contribution is -2.31. The first kappa shape index (κ1) is 9.70. The van der Waals surface area contributed by atoms with E-state index in [1.54, 1.807) is 13.8 Å². The smallest absolute Gasteiger partial charge is 0.324 e. The van der Waals surface area contributed by atoms with Gasteiger partial charge in [-0.1, -0.05) is 0 Å². The topological polar surface area (TPSA) is 59.0 Å². The SMILES string of the molecule is CCOC(=O)C1C=NN(CC)C1=O. The number of hydrogen-bond acceptors (Lipinski definition) is 4. The van der Waals surface area contributed by atoms with Gasteiger partial charge >= 0.3 is 5.97 Å². The van der Waals surface area contributed by atoms with Gasteiger partial charge in [-0.15, -0.1) is 0 Å². The number of ether oxygens (including phenoxy) is 1. The lowest BCUT2D eigenvalue weighted by atomic mass is 10.1. The Labute approximate surface area is 76.3 Å². The molecule has 0 aromatic rings. The number of nitrogens with zero attached hydrogens (tertiary/aromatic N) is 2. The maximum atomic E-state index is 11.4. The van der Waals surface area contributed by atoms with Gasteiger partial charge < -0.3 is 4.74 Å². The van der Waals surface area contributed by atoms with Gasteiger partial charge in [0.2, 0.25) is 0 Å². The van der Waals surface area contributed by atoms with E-state index >= 15 is 0 Å². The second kappa shape index (κ2) is 4.02. The fourth-order valence-corrected chi connectivity index (χ4v) is 1.06. The molecule has 1 amide bonds. The fraction of sp³-hybridized carbons (Fsp3) is 0.625. The summed E-state index contributed by atoms with van der Waals surface area (Å²) < 4.78 is 4.71. The molecule has 0 fully saturated rings. The standard InChI is InChI=1S/C8H12N2O3/c1-3-10-7(11)6(5-9-10)8(12)13-4-2/h5-6H,3-4H2,1-2H3. The molecular weight excluding hydrogens is 172 g/mol. The van der Waals surface area contributed by atoms with Gasteiger partial charge in [0.15, 0.2) is 5.92 Å². The second-order valence-corrected chi connectivity index (χ2v) is 2.55. The van der Waals surface area contributed by atoms with Gasteiger partial charge in [-0.05, 0) is 13.8 Å². The second-order valence-electron chi connectivity index (χ2n) is 2.55. The monoisotopic (exact) mass is 184 g/mol. The van der Waals surface area contributed by atoms with Crippen LogP contribution in [0.2, 0.25) is 0 Å². The first-order valence-electron chi connectivity index (χ1n) is 4.22. The van der Waals surface area contributed by atoms with Crippen LogP contribution in [0.4, 0.5) is 0 Å². The molecule has 0 aromatic carbocycles. The van der Waals surface area contributed by atoms with Gasteiger partial charge in [0.1, 0.15) is 0 Å². The summed E-state index contributed by atoms with van der Waals surface area (Å²) >= 11 is 0. The van der Waals surface area contributed by atoms with E-state index in [1.807, 2.05) is 0 Å². The number of carbonyl (C=O) groups is 2. The summed E-state index contributed by atoms with van der Waals surface area (Å²) in [5.41, 5.74) is 0. The van der Waals surface area contributed by atoms with Crippen molar-refractivity contribution in [3.05, 3.63) is 0 Å². The maximum Gasteiger partial charge on any atom is 0.324 e. The minimum atomic E-state index is -0.833. The summed E-state index contributed by atoms with van der Waals surface area (Å²) in [6, 6.07) is 0. The molecule has 13 heavy (non-hydrogen) atoms. The Bertz CT molecular complexity index is 250. The normalized spacial score (nSPS) is 20.9. The zero-order chi connectivity index (χ0) is 9.84. The van der Waals surface area contributed by atoms with Crippen LogP contribution in [0, 0.1) is 5.92 Å². The molecule has 0 spiro atoms. The van der Waals surface area contributed by atoms with Crippen LogP contribution in [-0.4, -0.2) is 36.3 Å². The van der Waals surface area contributed by atoms with E-state index in [2.05, 4.69) is 5.10 Å². The van der Waals surface area contributed by atoms with Gasteiger partial charge in [0.05, 0.1) is 6.61 Å². The third kappa shape index (κ3) is 1.85. The van der Waals surface area contributed by atoms with Crippen LogP contribution in [0.25, 0.3) is 0 Å². The van der Waals surface area contributed by atoms with E-state index < -0.39 is 11.9 Å². The van der Waals surface area contributed by atoms with Crippen molar-refractivity contribution in [3.8, 4) is 0 Å². The van der Waals surface area contributed by atoms with E-state index in [0.29, 0.717) is 6.54 Å². The molecule has 0 radical (unpaired) electrons. The highest BCUT2D eigenvalue weighted by atomic mass is 16.5. The van der Waals surface area contributed by atoms with Crippen LogP contribution in [0.1, 0.15) is 13.8 Å². The van der Waals surface area contributed by atoms with Crippen molar-refractivity contribution in [2.24, 2.45) is 11.0 Å². The quantitative estimate of drug-likeness (QED) is 0.458. The minimum absolute atomic E-state index is 0.280. The molecule has 0 aliphatic carbocycles. The van der Waals surface area contributed by atoms with Crippen LogP contribution >= 0.6 is 0 Å². The lowest BCUT2D eigenvalue weighted by molar-refractivity contribution is -0.150. The Morgan fingerprint density at radius 3 is 2.85 bits per heavy atom. The molecule has 5 heteroatoms. The van der Waals surface area contributed by atoms with Gasteiger partial charge in [-0.3, -0.25) is 9.59 Å². The Morgan fingerprint density at radius 2 is 2.38 bits per heavy atom. The maximum absolute atomic E-state index is 11.4. The van der Waals surface area contributed by atoms with Crippen LogP contribution in [0.15, 0.2) is 5.10 Å². The first-order valence-corrected chi connectivity index (χ1v) is 4.22. The van der Waals surface area contributed by atoms with Crippen molar-refractivity contribution in [3.63, 3.8) is 0 Å². The molecule has 0 N–H and O–H groups in total. The summed E-state index contributed by atoms with van der Waals surface area (Å²) in [5, 5.41) is 5.03. The van der Waals surface area contributed by atoms with E-state index in [4.69, 9.17) is 4.74 Å². The van der Waals surface area contributed by atoms with Crippen molar-refractivity contribution in [1.29, 1.82) is 0 Å². The van der Waals surface area contributed by atoms with E-state index in [-0.39, 0.29) is 12.5 Å². The third-order valence-corrected chi connectivity index (χ3v) is 1.72. The number of amides is 1. The molecule has 0 aromatic heterocycles. The molecule has 1 aliphatic heterocycles. The third-order valence-electron chi connectivity index (χ3n) is 1.72. The van der Waals surface area contributed by atoms with Gasteiger partial charge in [0.25, 0.3) is 5.91 Å². The number of esters is 1. The summed E-state index contributed by atoms with van der Waals surface area (Å²) in [7, 11) is 0. The number of rotatable bonds is 3. The predicted octanol–water partition coefficient (Wildman–Crippen LogP) is 0.0136. The average molecular weight is 184 g/mol. The fourth-order valence-electron chi connectivity index (χ4n) is 1.06. The average Bonchev–Trinajstić information content (AvgIpc) is 2.47. The molecule has 1 aliphatic rings. The summed E-state index contributed by atoms with van der Waals surface area (Å²) in [5.74, 6) is -1.66. The van der Waals surface area contributed by atoms with Crippen molar-refractivity contribution < 1.29 is 14.3 Å². The zero-order valence-corrected chi connectivity index (χ0v) is 7.69. The van der Waals surface area contributed by atoms with Crippen LogP contribution < -0.4 is 0 Å². The van der Waals surface area contributed by atoms with Crippen LogP contribution in [0.3, 0.4) is 0 Å². The molecule has 5 nitrogen and oxygen atoms in total. The van der Waals surface area contributed by atoms with Crippen molar-refractivity contribution >= 4 is 18.1 Å². The molecule has 0 saturated carbocycles.